The Labute approximate surface area is 161 Å². The molecule has 4 aromatic rings. The average Bonchev–Trinajstić information content (AvgIpc) is 2.74. The first kappa shape index (κ1) is 17.5. The summed E-state index contributed by atoms with van der Waals surface area (Å²) in [5.74, 6) is 0.0879. The molecule has 2 N–H and O–H groups in total. The predicted octanol–water partition coefficient (Wildman–Crippen LogP) is 5.05. The molecule has 3 aromatic carbocycles. The lowest BCUT2D eigenvalue weighted by Gasteiger charge is -2.22. The molecule has 0 aliphatic heterocycles. The van der Waals surface area contributed by atoms with Gasteiger partial charge in [-0.2, -0.15) is 0 Å². The van der Waals surface area contributed by atoms with Crippen LogP contribution in [-0.4, -0.2) is 15.0 Å². The van der Waals surface area contributed by atoms with Gasteiger partial charge in [-0.1, -0.05) is 36.4 Å². The number of para-hydroxylation sites is 1. The molecule has 0 radical (unpaired) electrons. The van der Waals surface area contributed by atoms with E-state index < -0.39 is 11.0 Å². The van der Waals surface area contributed by atoms with Crippen molar-refractivity contribution in [1.82, 2.24) is 4.98 Å². The Morgan fingerprint density at radius 3 is 2.39 bits per heavy atom. The van der Waals surface area contributed by atoms with Gasteiger partial charge in [-0.15, -0.1) is 0 Å². The van der Waals surface area contributed by atoms with Crippen LogP contribution in [0.1, 0.15) is 17.2 Å². The van der Waals surface area contributed by atoms with Crippen LogP contribution in [0, 0.1) is 10.1 Å². The van der Waals surface area contributed by atoms with Crippen LogP contribution in [0.2, 0.25) is 0 Å². The first-order chi connectivity index (χ1) is 13.6. The molecule has 1 aromatic heterocycles. The first-order valence-electron chi connectivity index (χ1n) is 8.76. The number of non-ortho nitro benzene ring substituents is 1. The Morgan fingerprint density at radius 2 is 1.68 bits per heavy atom. The summed E-state index contributed by atoms with van der Waals surface area (Å²) in [6, 6.07) is 23.0. The van der Waals surface area contributed by atoms with E-state index in [0.29, 0.717) is 11.1 Å². The van der Waals surface area contributed by atoms with E-state index >= 15 is 0 Å². The highest BCUT2D eigenvalue weighted by Gasteiger charge is 2.20. The van der Waals surface area contributed by atoms with E-state index in [1.165, 1.54) is 12.1 Å². The minimum atomic E-state index is -0.430. The fraction of sp³-hybridized carbons (Fsp3) is 0.0455. The van der Waals surface area contributed by atoms with Crippen LogP contribution >= 0.6 is 0 Å². The van der Waals surface area contributed by atoms with E-state index in [2.05, 4.69) is 10.3 Å². The van der Waals surface area contributed by atoms with Crippen molar-refractivity contribution in [2.75, 3.05) is 5.32 Å². The molecule has 0 fully saturated rings. The number of benzene rings is 3. The zero-order chi connectivity index (χ0) is 19.5. The third-order valence-corrected chi connectivity index (χ3v) is 4.61. The number of hydrogen-bond acceptors (Lipinski definition) is 5. The topological polar surface area (TPSA) is 88.3 Å². The van der Waals surface area contributed by atoms with E-state index in [1.54, 1.807) is 18.3 Å². The number of phenols is 1. The molecule has 28 heavy (non-hydrogen) atoms. The molecule has 1 unspecified atom stereocenters. The Hall–Kier alpha value is -3.93. The molecule has 1 heterocycles. The van der Waals surface area contributed by atoms with E-state index in [0.717, 1.165) is 16.6 Å². The fourth-order valence-corrected chi connectivity index (χ4v) is 3.21. The second-order valence-corrected chi connectivity index (χ2v) is 6.37. The summed E-state index contributed by atoms with van der Waals surface area (Å²) < 4.78 is 0. The van der Waals surface area contributed by atoms with Crippen molar-refractivity contribution in [3.05, 3.63) is 106 Å². The Morgan fingerprint density at radius 1 is 0.929 bits per heavy atom. The Balaban J connectivity index is 1.83. The molecule has 0 spiro atoms. The third-order valence-electron chi connectivity index (χ3n) is 4.61. The van der Waals surface area contributed by atoms with Crippen LogP contribution in [0.15, 0.2) is 85.1 Å². The Bertz CT molecular complexity index is 1130. The van der Waals surface area contributed by atoms with Crippen molar-refractivity contribution < 1.29 is 10.0 Å². The fourth-order valence-electron chi connectivity index (χ4n) is 3.21. The van der Waals surface area contributed by atoms with Crippen molar-refractivity contribution in [3.8, 4) is 5.75 Å². The molecular formula is C22H17N3O3. The zero-order valence-corrected chi connectivity index (χ0v) is 14.8. The van der Waals surface area contributed by atoms with Crippen LogP contribution in [0.5, 0.6) is 5.75 Å². The molecule has 0 aliphatic carbocycles. The molecule has 4 rings (SSSR count). The maximum atomic E-state index is 11.0. The molecule has 0 amide bonds. The highest BCUT2D eigenvalue weighted by molar-refractivity contribution is 5.86. The van der Waals surface area contributed by atoms with Crippen LogP contribution < -0.4 is 5.32 Å². The van der Waals surface area contributed by atoms with Crippen LogP contribution in [-0.2, 0) is 0 Å². The van der Waals surface area contributed by atoms with E-state index in [9.17, 15) is 15.2 Å². The van der Waals surface area contributed by atoms with Crippen molar-refractivity contribution in [1.29, 1.82) is 0 Å². The number of aromatic nitrogens is 1. The van der Waals surface area contributed by atoms with Gasteiger partial charge < -0.3 is 10.4 Å². The first-order valence-corrected chi connectivity index (χ1v) is 8.76. The van der Waals surface area contributed by atoms with E-state index in [4.69, 9.17) is 0 Å². The largest absolute Gasteiger partial charge is 0.505 e. The van der Waals surface area contributed by atoms with Crippen LogP contribution in [0.3, 0.4) is 0 Å². The summed E-state index contributed by atoms with van der Waals surface area (Å²) in [6.45, 7) is 0. The van der Waals surface area contributed by atoms with Gasteiger partial charge in [-0.05, 0) is 35.9 Å². The number of phenolic OH excluding ortho intramolecular Hbond substituents is 1. The molecule has 6 nitrogen and oxygen atoms in total. The van der Waals surface area contributed by atoms with Gasteiger partial charge in [0, 0.05) is 35.0 Å². The Kier molecular flexibility index (Phi) is 4.60. The number of nitro groups is 1. The van der Waals surface area contributed by atoms with Gasteiger partial charge >= 0.3 is 0 Å². The lowest BCUT2D eigenvalue weighted by atomic mass is 9.95. The molecular weight excluding hydrogens is 354 g/mol. The van der Waals surface area contributed by atoms with Crippen LogP contribution in [0.4, 0.5) is 11.4 Å². The summed E-state index contributed by atoms with van der Waals surface area (Å²) >= 11 is 0. The maximum absolute atomic E-state index is 11.0. The summed E-state index contributed by atoms with van der Waals surface area (Å²) in [5, 5.41) is 26.1. The maximum Gasteiger partial charge on any atom is 0.269 e. The van der Waals surface area contributed by atoms with Crippen molar-refractivity contribution in [2.45, 2.75) is 6.04 Å². The van der Waals surface area contributed by atoms with Crippen molar-refractivity contribution >= 4 is 22.3 Å². The van der Waals surface area contributed by atoms with Crippen molar-refractivity contribution in [3.63, 3.8) is 0 Å². The number of fused-ring (bicyclic) bond motifs is 1. The SMILES string of the molecule is O=[N+]([O-])c1ccc(C(Nc2ccccc2)c2ccc3cccnc3c2O)cc1. The normalized spacial score (nSPS) is 11.9. The lowest BCUT2D eigenvalue weighted by Crippen LogP contribution is -2.13. The molecule has 0 saturated heterocycles. The van der Waals surface area contributed by atoms with Gasteiger partial charge in [-0.25, -0.2) is 0 Å². The molecule has 1 atom stereocenters. The van der Waals surface area contributed by atoms with Gasteiger partial charge in [0.1, 0.15) is 11.3 Å². The number of anilines is 1. The van der Waals surface area contributed by atoms with Gasteiger partial charge in [0.05, 0.1) is 11.0 Å². The third kappa shape index (κ3) is 3.35. The number of rotatable bonds is 5. The minimum absolute atomic E-state index is 0.0200. The average molecular weight is 371 g/mol. The summed E-state index contributed by atoms with van der Waals surface area (Å²) in [4.78, 5) is 14.9. The molecule has 6 heteroatoms. The second kappa shape index (κ2) is 7.36. The second-order valence-electron chi connectivity index (χ2n) is 6.37. The number of hydrogen-bond donors (Lipinski definition) is 2. The van der Waals surface area contributed by atoms with E-state index in [-0.39, 0.29) is 11.4 Å². The van der Waals surface area contributed by atoms with E-state index in [1.807, 2.05) is 54.6 Å². The smallest absolute Gasteiger partial charge is 0.269 e. The highest BCUT2D eigenvalue weighted by Crippen LogP contribution is 2.36. The molecule has 0 bridgehead atoms. The van der Waals surface area contributed by atoms with Crippen molar-refractivity contribution in [2.24, 2.45) is 0 Å². The zero-order valence-electron chi connectivity index (χ0n) is 14.8. The monoisotopic (exact) mass is 371 g/mol. The number of nitro benzene ring substituents is 1. The van der Waals surface area contributed by atoms with Gasteiger partial charge in [-0.3, -0.25) is 15.1 Å². The quantitative estimate of drug-likeness (QED) is 0.378. The minimum Gasteiger partial charge on any atom is -0.505 e. The lowest BCUT2D eigenvalue weighted by molar-refractivity contribution is -0.384. The van der Waals surface area contributed by atoms with Gasteiger partial charge in [0.15, 0.2) is 0 Å². The molecule has 0 saturated carbocycles. The highest BCUT2D eigenvalue weighted by atomic mass is 16.6. The summed E-state index contributed by atoms with van der Waals surface area (Å²) in [6.07, 6.45) is 1.64. The molecule has 0 aliphatic rings. The molecule has 138 valence electrons. The number of nitrogens with one attached hydrogen (secondary N) is 1. The van der Waals surface area contributed by atoms with Gasteiger partial charge in [0.2, 0.25) is 0 Å². The van der Waals surface area contributed by atoms with Crippen LogP contribution in [0.25, 0.3) is 10.9 Å². The number of nitrogens with zero attached hydrogens (tertiary/aromatic N) is 2. The number of aromatic hydroxyl groups is 1. The standard InChI is InChI=1S/C22H17N3O3/c26-22-19(13-10-15-5-4-14-23-21(15)22)20(24-17-6-2-1-3-7-17)16-8-11-18(12-9-16)25(27)28/h1-14,20,24,26H. The number of pyridine rings is 1. The summed E-state index contributed by atoms with van der Waals surface area (Å²) in [7, 11) is 0. The predicted molar refractivity (Wildman–Crippen MR) is 108 cm³/mol. The summed E-state index contributed by atoms with van der Waals surface area (Å²) in [5.41, 5.74) is 2.84. The van der Waals surface area contributed by atoms with Gasteiger partial charge in [0.25, 0.3) is 5.69 Å².